The fourth-order valence-electron chi connectivity index (χ4n) is 4.55. The Hall–Kier alpha value is -2.12. The summed E-state index contributed by atoms with van der Waals surface area (Å²) in [5, 5.41) is 0. The van der Waals surface area contributed by atoms with Gasteiger partial charge in [0.25, 0.3) is 0 Å². The zero-order valence-corrected chi connectivity index (χ0v) is 18.3. The Bertz CT molecular complexity index is 931. The highest BCUT2D eigenvalue weighted by Crippen LogP contribution is 2.52. The van der Waals surface area contributed by atoms with Gasteiger partial charge in [-0.05, 0) is 56.6 Å². The second kappa shape index (κ2) is 7.29. The molecule has 1 aliphatic carbocycles. The van der Waals surface area contributed by atoms with E-state index >= 15 is 0 Å². The Morgan fingerprint density at radius 2 is 1.86 bits per heavy atom. The molecule has 1 fully saturated rings. The molecule has 2 atom stereocenters. The molecule has 2 heterocycles. The van der Waals surface area contributed by atoms with Crippen LogP contribution in [-0.2, 0) is 17.4 Å². The highest BCUT2D eigenvalue weighted by molar-refractivity contribution is 7.84. The van der Waals surface area contributed by atoms with Crippen LogP contribution in [0.1, 0.15) is 50.8 Å². The molecule has 1 aromatic heterocycles. The molecular formula is C22H31N5OS. The molecule has 7 heteroatoms. The minimum atomic E-state index is -1.12. The predicted octanol–water partition coefficient (Wildman–Crippen LogP) is 3.18. The largest absolute Gasteiger partial charge is 0.397 e. The molecule has 1 aromatic carbocycles. The molecule has 2 aliphatic rings. The number of pyridine rings is 1. The number of piperidine rings is 1. The van der Waals surface area contributed by atoms with Crippen molar-refractivity contribution in [2.45, 2.75) is 50.8 Å². The third-order valence-electron chi connectivity index (χ3n) is 6.34. The van der Waals surface area contributed by atoms with Crippen molar-refractivity contribution in [3.63, 3.8) is 0 Å². The lowest BCUT2D eigenvalue weighted by Gasteiger charge is -2.44. The molecular weight excluding hydrogens is 382 g/mol. The van der Waals surface area contributed by atoms with E-state index in [-0.39, 0.29) is 16.2 Å². The Labute approximate surface area is 175 Å². The van der Waals surface area contributed by atoms with Gasteiger partial charge in [-0.1, -0.05) is 24.3 Å². The Balaban J connectivity index is 1.58. The van der Waals surface area contributed by atoms with Gasteiger partial charge in [-0.15, -0.1) is 0 Å². The van der Waals surface area contributed by atoms with Crippen LogP contribution in [0.5, 0.6) is 0 Å². The summed E-state index contributed by atoms with van der Waals surface area (Å²) in [6.45, 7) is 7.84. The van der Waals surface area contributed by atoms with Crippen molar-refractivity contribution in [3.05, 3.63) is 47.7 Å². The van der Waals surface area contributed by atoms with Gasteiger partial charge in [-0.2, -0.15) is 0 Å². The summed E-state index contributed by atoms with van der Waals surface area (Å²) in [6.07, 6.45) is 4.67. The number of nitrogens with two attached hydrogens (primary N) is 2. The van der Waals surface area contributed by atoms with Crippen LogP contribution in [0.3, 0.4) is 0 Å². The maximum absolute atomic E-state index is 13.0. The van der Waals surface area contributed by atoms with Crippen molar-refractivity contribution in [3.8, 4) is 0 Å². The van der Waals surface area contributed by atoms with Crippen LogP contribution in [0.15, 0.2) is 36.5 Å². The van der Waals surface area contributed by atoms with E-state index in [1.807, 2.05) is 26.8 Å². The number of fused-ring (bicyclic) bond motifs is 1. The highest BCUT2D eigenvalue weighted by atomic mass is 32.2. The minimum absolute atomic E-state index is 0.0699. The quantitative estimate of drug-likeness (QED) is 0.718. The standard InChI is InChI=1S/C22H31N5OS/c1-21(2,3)29(28)26-20-16-7-5-4-6-15(16)13-22(20)8-10-27(11-9-22)19-12-17(23)18(24)14-25-19/h4-7,12,14,20,26H,8-11,13,24H2,1-3H3,(H2,23,25)/t20-,29?/m1/s1. The van der Waals surface area contributed by atoms with Crippen LogP contribution in [-0.4, -0.2) is 27.0 Å². The second-order valence-corrected chi connectivity index (χ2v) is 11.3. The second-order valence-electron chi connectivity index (χ2n) is 9.33. The van der Waals surface area contributed by atoms with Crippen molar-refractivity contribution in [2.75, 3.05) is 29.5 Å². The first-order valence-electron chi connectivity index (χ1n) is 10.2. The fraction of sp³-hybridized carbons (Fsp3) is 0.500. The zero-order chi connectivity index (χ0) is 20.8. The van der Waals surface area contributed by atoms with Gasteiger partial charge in [0.15, 0.2) is 0 Å². The lowest BCUT2D eigenvalue weighted by molar-refractivity contribution is 0.177. The van der Waals surface area contributed by atoms with E-state index in [0.29, 0.717) is 11.4 Å². The number of aromatic nitrogens is 1. The number of benzene rings is 1. The molecule has 4 rings (SSSR count). The molecule has 0 saturated carbocycles. The number of rotatable bonds is 3. The first-order valence-corrected chi connectivity index (χ1v) is 11.4. The van der Waals surface area contributed by atoms with Crippen molar-refractivity contribution < 1.29 is 4.21 Å². The summed E-state index contributed by atoms with van der Waals surface area (Å²) in [5.74, 6) is 0.879. The van der Waals surface area contributed by atoms with E-state index < -0.39 is 11.0 Å². The van der Waals surface area contributed by atoms with Crippen molar-refractivity contribution in [1.29, 1.82) is 0 Å². The van der Waals surface area contributed by atoms with Gasteiger partial charge in [-0.25, -0.2) is 13.9 Å². The van der Waals surface area contributed by atoms with E-state index in [9.17, 15) is 4.21 Å². The van der Waals surface area contributed by atoms with Gasteiger partial charge in [0.05, 0.1) is 39.3 Å². The van der Waals surface area contributed by atoms with E-state index in [0.717, 1.165) is 38.2 Å². The number of hydrogen-bond donors (Lipinski definition) is 3. The molecule has 0 bridgehead atoms. The van der Waals surface area contributed by atoms with E-state index in [1.54, 1.807) is 6.20 Å². The van der Waals surface area contributed by atoms with Crippen molar-refractivity contribution in [1.82, 2.24) is 9.71 Å². The summed E-state index contributed by atoms with van der Waals surface area (Å²) in [5.41, 5.74) is 15.6. The first-order chi connectivity index (χ1) is 13.7. The Morgan fingerprint density at radius 1 is 1.17 bits per heavy atom. The van der Waals surface area contributed by atoms with Gasteiger partial charge >= 0.3 is 0 Å². The molecule has 0 amide bonds. The molecule has 2 aromatic rings. The first kappa shape index (κ1) is 20.2. The molecule has 1 spiro atoms. The number of nitrogens with one attached hydrogen (secondary N) is 1. The lowest BCUT2D eigenvalue weighted by Crippen LogP contribution is -2.48. The molecule has 29 heavy (non-hydrogen) atoms. The van der Waals surface area contributed by atoms with Gasteiger partial charge in [-0.3, -0.25) is 0 Å². The topological polar surface area (TPSA) is 97.3 Å². The summed E-state index contributed by atoms with van der Waals surface area (Å²) >= 11 is 0. The molecule has 1 aliphatic heterocycles. The molecule has 156 valence electrons. The molecule has 5 N–H and O–H groups in total. The summed E-state index contributed by atoms with van der Waals surface area (Å²) < 4.78 is 16.2. The van der Waals surface area contributed by atoms with Crippen LogP contribution in [0.2, 0.25) is 0 Å². The van der Waals surface area contributed by atoms with E-state index in [4.69, 9.17) is 11.5 Å². The summed E-state index contributed by atoms with van der Waals surface area (Å²) in [6, 6.07) is 10.6. The molecule has 0 radical (unpaired) electrons. The van der Waals surface area contributed by atoms with Gasteiger partial charge < -0.3 is 16.4 Å². The van der Waals surface area contributed by atoms with Gasteiger partial charge in [0, 0.05) is 19.2 Å². The number of nitrogen functional groups attached to an aromatic ring is 2. The minimum Gasteiger partial charge on any atom is -0.397 e. The molecule has 1 unspecified atom stereocenters. The number of hydrogen-bond acceptors (Lipinski definition) is 5. The monoisotopic (exact) mass is 413 g/mol. The third-order valence-corrected chi connectivity index (χ3v) is 7.90. The van der Waals surface area contributed by atoms with Crippen LogP contribution < -0.4 is 21.1 Å². The maximum Gasteiger partial charge on any atom is 0.130 e. The third kappa shape index (κ3) is 3.73. The van der Waals surface area contributed by atoms with E-state index in [1.165, 1.54) is 11.1 Å². The number of nitrogens with zero attached hydrogens (tertiary/aromatic N) is 2. The van der Waals surface area contributed by atoms with Gasteiger partial charge in [0.1, 0.15) is 5.82 Å². The van der Waals surface area contributed by atoms with Crippen molar-refractivity contribution >= 4 is 28.2 Å². The Kier molecular flexibility index (Phi) is 5.07. The van der Waals surface area contributed by atoms with Crippen LogP contribution in [0, 0.1) is 5.41 Å². The lowest BCUT2D eigenvalue weighted by atomic mass is 9.73. The average Bonchev–Trinajstić information content (AvgIpc) is 2.97. The molecule has 6 nitrogen and oxygen atoms in total. The number of anilines is 3. The van der Waals surface area contributed by atoms with E-state index in [2.05, 4.69) is 38.9 Å². The van der Waals surface area contributed by atoms with Gasteiger partial charge in [0.2, 0.25) is 0 Å². The highest BCUT2D eigenvalue weighted by Gasteiger charge is 2.48. The van der Waals surface area contributed by atoms with Crippen LogP contribution >= 0.6 is 0 Å². The normalized spacial score (nSPS) is 21.9. The predicted molar refractivity (Wildman–Crippen MR) is 121 cm³/mol. The summed E-state index contributed by atoms with van der Waals surface area (Å²) in [4.78, 5) is 6.75. The SMILES string of the molecule is CC(C)(C)S(=O)N[C@@H]1c2ccccc2CC12CCN(c1cc(N)c(N)cn1)CC2. The van der Waals surface area contributed by atoms with Crippen LogP contribution in [0.4, 0.5) is 17.2 Å². The summed E-state index contributed by atoms with van der Waals surface area (Å²) in [7, 11) is -1.12. The Morgan fingerprint density at radius 3 is 2.52 bits per heavy atom. The van der Waals surface area contributed by atoms with Crippen molar-refractivity contribution in [2.24, 2.45) is 5.41 Å². The zero-order valence-electron chi connectivity index (χ0n) is 17.4. The van der Waals surface area contributed by atoms with Crippen LogP contribution in [0.25, 0.3) is 0 Å². The molecule has 1 saturated heterocycles. The maximum atomic E-state index is 13.0. The average molecular weight is 414 g/mol. The fourth-order valence-corrected chi connectivity index (χ4v) is 5.49. The smallest absolute Gasteiger partial charge is 0.130 e.